The lowest BCUT2D eigenvalue weighted by Gasteiger charge is -2.18. The van der Waals surface area contributed by atoms with Gasteiger partial charge in [-0.05, 0) is 11.8 Å². The second-order valence-corrected chi connectivity index (χ2v) is 6.47. The molecule has 0 saturated carbocycles. The number of rotatable bonds is 7. The van der Waals surface area contributed by atoms with Crippen molar-refractivity contribution >= 4 is 11.8 Å². The van der Waals surface area contributed by atoms with E-state index >= 15 is 0 Å². The van der Waals surface area contributed by atoms with E-state index in [1.807, 2.05) is 27.7 Å². The topological polar surface area (TPSA) is 150 Å². The SMILES string of the molecule is CC(C)[C@H](N)c1nc(C(=O)N[C@H](c2nc(C(N)=O)co2)C(C)C)co1. The zero-order valence-electron chi connectivity index (χ0n) is 14.6. The van der Waals surface area contributed by atoms with Gasteiger partial charge in [-0.15, -0.1) is 0 Å². The standard InChI is InChI=1S/C16H23N5O4/c1-7(2)11(17)15-20-10(6-24-15)14(23)21-12(8(3)4)16-19-9(5-25-16)13(18)22/h5-8,11-12H,17H2,1-4H3,(H2,18,22)(H,21,23)/t11-,12-/m0/s1. The lowest BCUT2D eigenvalue weighted by molar-refractivity contribution is 0.0911. The molecule has 5 N–H and O–H groups in total. The number of nitrogens with two attached hydrogens (primary N) is 2. The highest BCUT2D eigenvalue weighted by Crippen LogP contribution is 2.22. The molecule has 0 radical (unpaired) electrons. The molecule has 0 aliphatic heterocycles. The highest BCUT2D eigenvalue weighted by atomic mass is 16.3. The zero-order valence-corrected chi connectivity index (χ0v) is 14.6. The fourth-order valence-corrected chi connectivity index (χ4v) is 2.10. The summed E-state index contributed by atoms with van der Waals surface area (Å²) in [6, 6.07) is -0.952. The molecule has 2 heterocycles. The van der Waals surface area contributed by atoms with Crippen molar-refractivity contribution < 1.29 is 18.4 Å². The normalized spacial score (nSPS) is 13.9. The van der Waals surface area contributed by atoms with Crippen LogP contribution in [-0.4, -0.2) is 21.8 Å². The molecule has 2 aromatic rings. The second kappa shape index (κ2) is 7.47. The summed E-state index contributed by atoms with van der Waals surface area (Å²) in [7, 11) is 0. The van der Waals surface area contributed by atoms with Crippen LogP contribution in [0.2, 0.25) is 0 Å². The van der Waals surface area contributed by atoms with Gasteiger partial charge in [0.15, 0.2) is 11.4 Å². The van der Waals surface area contributed by atoms with Crippen LogP contribution in [0.15, 0.2) is 21.4 Å². The lowest BCUT2D eigenvalue weighted by atomic mass is 10.0. The molecule has 2 amide bonds. The highest BCUT2D eigenvalue weighted by molar-refractivity contribution is 5.92. The Morgan fingerprint density at radius 1 is 1.00 bits per heavy atom. The van der Waals surface area contributed by atoms with Crippen LogP contribution in [0, 0.1) is 11.8 Å². The van der Waals surface area contributed by atoms with Crippen LogP contribution >= 0.6 is 0 Å². The van der Waals surface area contributed by atoms with Crippen molar-refractivity contribution in [1.29, 1.82) is 0 Å². The van der Waals surface area contributed by atoms with E-state index in [1.54, 1.807) is 0 Å². The quantitative estimate of drug-likeness (QED) is 0.686. The van der Waals surface area contributed by atoms with E-state index in [-0.39, 0.29) is 29.1 Å². The molecule has 0 bridgehead atoms. The molecular weight excluding hydrogens is 326 g/mol. The zero-order chi connectivity index (χ0) is 18.7. The number of aromatic nitrogens is 2. The first-order valence-corrected chi connectivity index (χ1v) is 7.97. The minimum atomic E-state index is -0.701. The molecule has 0 aliphatic rings. The number of hydrogen-bond donors (Lipinski definition) is 3. The van der Waals surface area contributed by atoms with Crippen molar-refractivity contribution in [2.45, 2.75) is 39.8 Å². The third-order valence-corrected chi connectivity index (χ3v) is 3.75. The van der Waals surface area contributed by atoms with Crippen LogP contribution in [-0.2, 0) is 0 Å². The smallest absolute Gasteiger partial charge is 0.273 e. The van der Waals surface area contributed by atoms with E-state index < -0.39 is 23.9 Å². The molecule has 9 nitrogen and oxygen atoms in total. The summed E-state index contributed by atoms with van der Waals surface area (Å²) in [6.07, 6.45) is 2.42. The van der Waals surface area contributed by atoms with Crippen molar-refractivity contribution in [2.75, 3.05) is 0 Å². The summed E-state index contributed by atoms with van der Waals surface area (Å²) in [5, 5.41) is 2.77. The van der Waals surface area contributed by atoms with Gasteiger partial charge < -0.3 is 25.6 Å². The summed E-state index contributed by atoms with van der Waals surface area (Å²) >= 11 is 0. The van der Waals surface area contributed by atoms with E-state index in [9.17, 15) is 9.59 Å². The first kappa shape index (κ1) is 18.7. The number of nitrogens with one attached hydrogen (secondary N) is 1. The van der Waals surface area contributed by atoms with Crippen molar-refractivity contribution in [3.8, 4) is 0 Å². The first-order valence-electron chi connectivity index (χ1n) is 7.97. The number of amides is 2. The van der Waals surface area contributed by atoms with Crippen LogP contribution in [0.3, 0.4) is 0 Å². The Morgan fingerprint density at radius 3 is 2.08 bits per heavy atom. The first-order chi connectivity index (χ1) is 11.7. The average Bonchev–Trinajstić information content (AvgIpc) is 3.20. The Hall–Kier alpha value is -2.68. The Bertz CT molecular complexity index is 749. The molecule has 0 aliphatic carbocycles. The van der Waals surface area contributed by atoms with Crippen LogP contribution in [0.1, 0.15) is 72.5 Å². The Balaban J connectivity index is 2.16. The van der Waals surface area contributed by atoms with E-state index in [0.29, 0.717) is 5.89 Å². The van der Waals surface area contributed by atoms with Gasteiger partial charge in [-0.25, -0.2) is 9.97 Å². The van der Waals surface area contributed by atoms with E-state index in [0.717, 1.165) is 6.26 Å². The number of primary amides is 1. The van der Waals surface area contributed by atoms with Gasteiger partial charge in [0.1, 0.15) is 18.6 Å². The number of nitrogens with zero attached hydrogens (tertiary/aromatic N) is 2. The summed E-state index contributed by atoms with van der Waals surface area (Å²) in [4.78, 5) is 31.8. The van der Waals surface area contributed by atoms with Gasteiger partial charge in [-0.2, -0.15) is 0 Å². The van der Waals surface area contributed by atoms with Crippen molar-refractivity contribution in [2.24, 2.45) is 23.3 Å². The Kier molecular flexibility index (Phi) is 5.58. The molecule has 136 valence electrons. The third-order valence-electron chi connectivity index (χ3n) is 3.75. The third kappa shape index (κ3) is 4.24. The summed E-state index contributed by atoms with van der Waals surface area (Å²) in [6.45, 7) is 7.62. The molecule has 2 aromatic heterocycles. The van der Waals surface area contributed by atoms with Gasteiger partial charge in [0, 0.05) is 0 Å². The summed E-state index contributed by atoms with van der Waals surface area (Å²) in [5.74, 6) is -0.589. The highest BCUT2D eigenvalue weighted by Gasteiger charge is 2.27. The largest absolute Gasteiger partial charge is 0.446 e. The Labute approximate surface area is 145 Å². The van der Waals surface area contributed by atoms with Gasteiger partial charge in [0.25, 0.3) is 11.8 Å². The summed E-state index contributed by atoms with van der Waals surface area (Å²) in [5.41, 5.74) is 11.2. The summed E-state index contributed by atoms with van der Waals surface area (Å²) < 4.78 is 10.6. The monoisotopic (exact) mass is 349 g/mol. The van der Waals surface area contributed by atoms with Gasteiger partial charge in [0.05, 0.1) is 6.04 Å². The Morgan fingerprint density at radius 2 is 1.56 bits per heavy atom. The number of carbonyl (C=O) groups is 2. The molecule has 0 unspecified atom stereocenters. The van der Waals surface area contributed by atoms with Gasteiger partial charge in [-0.1, -0.05) is 27.7 Å². The van der Waals surface area contributed by atoms with Gasteiger partial charge in [0.2, 0.25) is 11.8 Å². The lowest BCUT2D eigenvalue weighted by Crippen LogP contribution is -2.32. The fourth-order valence-electron chi connectivity index (χ4n) is 2.10. The van der Waals surface area contributed by atoms with E-state index in [1.165, 1.54) is 6.26 Å². The van der Waals surface area contributed by atoms with Gasteiger partial charge in [-0.3, -0.25) is 9.59 Å². The van der Waals surface area contributed by atoms with E-state index in [2.05, 4.69) is 15.3 Å². The predicted octanol–water partition coefficient (Wildman–Crippen LogP) is 1.54. The number of oxazole rings is 2. The van der Waals surface area contributed by atoms with Crippen LogP contribution < -0.4 is 16.8 Å². The van der Waals surface area contributed by atoms with E-state index in [4.69, 9.17) is 20.3 Å². The van der Waals surface area contributed by atoms with Gasteiger partial charge >= 0.3 is 0 Å². The average molecular weight is 349 g/mol. The maximum Gasteiger partial charge on any atom is 0.273 e. The molecule has 25 heavy (non-hydrogen) atoms. The van der Waals surface area contributed by atoms with Crippen LogP contribution in [0.25, 0.3) is 0 Å². The molecule has 0 aromatic carbocycles. The molecule has 0 fully saturated rings. The number of carbonyl (C=O) groups excluding carboxylic acids is 2. The van der Waals surface area contributed by atoms with Crippen molar-refractivity contribution in [3.05, 3.63) is 35.7 Å². The molecule has 0 saturated heterocycles. The van der Waals surface area contributed by atoms with Crippen molar-refractivity contribution in [1.82, 2.24) is 15.3 Å². The molecule has 2 rings (SSSR count). The van der Waals surface area contributed by atoms with Crippen molar-refractivity contribution in [3.63, 3.8) is 0 Å². The maximum atomic E-state index is 12.4. The second-order valence-electron chi connectivity index (χ2n) is 6.47. The fraction of sp³-hybridized carbons (Fsp3) is 0.500. The van der Waals surface area contributed by atoms with Crippen LogP contribution in [0.4, 0.5) is 0 Å². The van der Waals surface area contributed by atoms with Crippen LogP contribution in [0.5, 0.6) is 0 Å². The molecule has 0 spiro atoms. The molecule has 9 heteroatoms. The number of hydrogen-bond acceptors (Lipinski definition) is 7. The minimum Gasteiger partial charge on any atom is -0.446 e. The predicted molar refractivity (Wildman–Crippen MR) is 88.3 cm³/mol. The molecular formula is C16H23N5O4. The maximum absolute atomic E-state index is 12.4. The molecule has 2 atom stereocenters. The minimum absolute atomic E-state index is 0.00142.